The summed E-state index contributed by atoms with van der Waals surface area (Å²) in [6.07, 6.45) is 3.00. The molecule has 0 aliphatic heterocycles. The van der Waals surface area contributed by atoms with E-state index in [4.69, 9.17) is 4.74 Å². The number of ether oxygens (including phenoxy) is 1. The van der Waals surface area contributed by atoms with Crippen LogP contribution in [0.5, 0.6) is 0 Å². The fourth-order valence-corrected chi connectivity index (χ4v) is 1.68. The van der Waals surface area contributed by atoms with E-state index in [0.717, 1.165) is 19.3 Å². The van der Waals surface area contributed by atoms with Crippen molar-refractivity contribution in [3.8, 4) is 0 Å². The van der Waals surface area contributed by atoms with Gasteiger partial charge < -0.3 is 10.1 Å². The summed E-state index contributed by atoms with van der Waals surface area (Å²) in [6, 6.07) is -0.373. The van der Waals surface area contributed by atoms with Crippen molar-refractivity contribution in [2.45, 2.75) is 65.0 Å². The Labute approximate surface area is 103 Å². The molecular weight excluding hydrogens is 218 g/mol. The van der Waals surface area contributed by atoms with Crippen LogP contribution < -0.4 is 5.32 Å². The highest BCUT2D eigenvalue weighted by Gasteiger charge is 2.35. The second-order valence-corrected chi connectivity index (χ2v) is 5.66. The molecule has 0 spiro atoms. The Hall–Kier alpha value is -1.06. The lowest BCUT2D eigenvalue weighted by atomic mass is 10.0. The van der Waals surface area contributed by atoms with Crippen LogP contribution in [0.25, 0.3) is 0 Å². The van der Waals surface area contributed by atoms with Crippen LogP contribution in [0, 0.1) is 5.92 Å². The van der Waals surface area contributed by atoms with Gasteiger partial charge in [-0.25, -0.2) is 4.79 Å². The molecule has 0 unspecified atom stereocenters. The monoisotopic (exact) mass is 241 g/mol. The lowest BCUT2D eigenvalue weighted by molar-refractivity contribution is -0.122. The predicted molar refractivity (Wildman–Crippen MR) is 65.8 cm³/mol. The second-order valence-electron chi connectivity index (χ2n) is 5.66. The lowest BCUT2D eigenvalue weighted by Gasteiger charge is -2.22. The molecule has 0 radical (unpaired) electrons. The summed E-state index contributed by atoms with van der Waals surface area (Å²) in [5.74, 6) is 0.333. The molecule has 1 N–H and O–H groups in total. The van der Waals surface area contributed by atoms with Gasteiger partial charge >= 0.3 is 6.09 Å². The van der Waals surface area contributed by atoms with Crippen molar-refractivity contribution in [2.75, 3.05) is 0 Å². The number of nitrogens with one attached hydrogen (secondary N) is 1. The maximum absolute atomic E-state index is 11.9. The minimum atomic E-state index is -0.524. The third kappa shape index (κ3) is 5.20. The maximum atomic E-state index is 11.9. The van der Waals surface area contributed by atoms with Crippen molar-refractivity contribution in [1.82, 2.24) is 5.32 Å². The molecule has 0 aromatic heterocycles. The zero-order valence-corrected chi connectivity index (χ0v) is 11.2. The van der Waals surface area contributed by atoms with Gasteiger partial charge in [-0.1, -0.05) is 13.3 Å². The molecular formula is C13H23NO3. The first kappa shape index (κ1) is 14.0. The summed E-state index contributed by atoms with van der Waals surface area (Å²) in [4.78, 5) is 23.5. The number of carbonyl (C=O) groups excluding carboxylic acids is 2. The van der Waals surface area contributed by atoms with Gasteiger partial charge in [0.2, 0.25) is 0 Å². The molecule has 4 nitrogen and oxygen atoms in total. The number of Topliss-reactive ketones (excluding diaryl/α,β-unsaturated/α-hetero) is 1. The van der Waals surface area contributed by atoms with Crippen molar-refractivity contribution < 1.29 is 14.3 Å². The number of rotatable bonds is 5. The number of hydrogen-bond acceptors (Lipinski definition) is 3. The Bertz CT molecular complexity index is 290. The summed E-state index contributed by atoms with van der Waals surface area (Å²) in [5, 5.41) is 2.68. The van der Waals surface area contributed by atoms with E-state index in [1.54, 1.807) is 0 Å². The number of carbonyl (C=O) groups is 2. The zero-order valence-electron chi connectivity index (χ0n) is 11.2. The molecule has 0 aromatic rings. The molecule has 1 rings (SSSR count). The Morgan fingerprint density at radius 1 is 1.35 bits per heavy atom. The minimum Gasteiger partial charge on any atom is -0.444 e. The van der Waals surface area contributed by atoms with E-state index in [1.807, 2.05) is 27.7 Å². The smallest absolute Gasteiger partial charge is 0.408 e. The largest absolute Gasteiger partial charge is 0.444 e. The minimum absolute atomic E-state index is 0.165. The van der Waals surface area contributed by atoms with Crippen LogP contribution in [0.3, 0.4) is 0 Å². The van der Waals surface area contributed by atoms with E-state index in [0.29, 0.717) is 6.42 Å². The fraction of sp³-hybridized carbons (Fsp3) is 0.846. The van der Waals surface area contributed by atoms with E-state index in [2.05, 4.69) is 5.32 Å². The Morgan fingerprint density at radius 3 is 2.35 bits per heavy atom. The molecule has 17 heavy (non-hydrogen) atoms. The summed E-state index contributed by atoms with van der Waals surface area (Å²) >= 11 is 0. The third-order valence-corrected chi connectivity index (χ3v) is 2.59. The molecule has 1 aliphatic carbocycles. The van der Waals surface area contributed by atoms with Crippen LogP contribution in [0.15, 0.2) is 0 Å². The van der Waals surface area contributed by atoms with Gasteiger partial charge in [0.1, 0.15) is 5.60 Å². The maximum Gasteiger partial charge on any atom is 0.408 e. The van der Waals surface area contributed by atoms with Gasteiger partial charge in [-0.2, -0.15) is 0 Å². The van der Waals surface area contributed by atoms with Crippen LogP contribution in [-0.4, -0.2) is 23.5 Å². The van der Waals surface area contributed by atoms with Crippen LogP contribution in [0.1, 0.15) is 53.4 Å². The van der Waals surface area contributed by atoms with Gasteiger partial charge in [-0.3, -0.25) is 4.79 Å². The van der Waals surface area contributed by atoms with Gasteiger partial charge in [-0.05, 0) is 40.0 Å². The molecule has 0 aromatic carbocycles. The number of ketones is 1. The number of alkyl carbamates (subject to hydrolysis) is 1. The molecule has 1 amide bonds. The molecule has 98 valence electrons. The lowest BCUT2D eigenvalue weighted by Crippen LogP contribution is -2.44. The number of hydrogen-bond donors (Lipinski definition) is 1. The summed E-state index contributed by atoms with van der Waals surface area (Å²) in [5.41, 5.74) is -0.524. The first-order valence-electron chi connectivity index (χ1n) is 6.36. The fourth-order valence-electron chi connectivity index (χ4n) is 1.68. The van der Waals surface area contributed by atoms with E-state index < -0.39 is 11.7 Å². The average molecular weight is 241 g/mol. The van der Waals surface area contributed by atoms with Crippen molar-refractivity contribution in [3.05, 3.63) is 0 Å². The molecule has 0 bridgehead atoms. The first-order valence-corrected chi connectivity index (χ1v) is 6.36. The zero-order chi connectivity index (χ0) is 13.1. The predicted octanol–water partition coefficient (Wildman–Crippen LogP) is 2.66. The molecule has 1 atom stereocenters. The SMILES string of the molecule is CCC[C@H](NC(=O)OC(C)(C)C)C(=O)C1CC1. The quantitative estimate of drug-likeness (QED) is 0.805. The van der Waals surface area contributed by atoms with Crippen molar-refractivity contribution in [1.29, 1.82) is 0 Å². The summed E-state index contributed by atoms with van der Waals surface area (Å²) in [7, 11) is 0. The standard InChI is InChI=1S/C13H23NO3/c1-5-6-10(11(15)9-7-8-9)14-12(16)17-13(2,3)4/h9-10H,5-8H2,1-4H3,(H,14,16)/t10-/m0/s1. The van der Waals surface area contributed by atoms with Crippen LogP contribution in [0.4, 0.5) is 4.79 Å². The molecule has 0 saturated heterocycles. The van der Waals surface area contributed by atoms with Crippen LogP contribution in [-0.2, 0) is 9.53 Å². The van der Waals surface area contributed by atoms with Crippen molar-refractivity contribution in [2.24, 2.45) is 5.92 Å². The van der Waals surface area contributed by atoms with Crippen LogP contribution >= 0.6 is 0 Å². The molecule has 1 fully saturated rings. The topological polar surface area (TPSA) is 55.4 Å². The Kier molecular flexibility index (Phi) is 4.54. The van der Waals surface area contributed by atoms with Gasteiger partial charge in [0, 0.05) is 5.92 Å². The summed E-state index contributed by atoms with van der Waals surface area (Å²) < 4.78 is 5.16. The average Bonchev–Trinajstić information content (AvgIpc) is 2.96. The molecule has 1 aliphatic rings. The molecule has 4 heteroatoms. The van der Waals surface area contributed by atoms with E-state index in [1.165, 1.54) is 0 Å². The van der Waals surface area contributed by atoms with Crippen molar-refractivity contribution >= 4 is 11.9 Å². The van der Waals surface area contributed by atoms with E-state index in [9.17, 15) is 9.59 Å². The Morgan fingerprint density at radius 2 is 1.94 bits per heavy atom. The molecule has 1 saturated carbocycles. The van der Waals surface area contributed by atoms with E-state index in [-0.39, 0.29) is 17.7 Å². The highest BCUT2D eigenvalue weighted by atomic mass is 16.6. The van der Waals surface area contributed by atoms with Gasteiger partial charge in [0.25, 0.3) is 0 Å². The van der Waals surface area contributed by atoms with Gasteiger partial charge in [0.05, 0.1) is 6.04 Å². The van der Waals surface area contributed by atoms with Crippen molar-refractivity contribution in [3.63, 3.8) is 0 Å². The highest BCUT2D eigenvalue weighted by Crippen LogP contribution is 2.31. The van der Waals surface area contributed by atoms with Gasteiger partial charge in [-0.15, -0.1) is 0 Å². The van der Waals surface area contributed by atoms with Gasteiger partial charge in [0.15, 0.2) is 5.78 Å². The normalized spacial score (nSPS) is 17.4. The van der Waals surface area contributed by atoms with Crippen LogP contribution in [0.2, 0.25) is 0 Å². The molecule has 0 heterocycles. The third-order valence-electron chi connectivity index (χ3n) is 2.59. The van der Waals surface area contributed by atoms with E-state index >= 15 is 0 Å². The first-order chi connectivity index (χ1) is 7.83. The summed E-state index contributed by atoms with van der Waals surface area (Å²) in [6.45, 7) is 7.43. The Balaban J connectivity index is 2.48. The highest BCUT2D eigenvalue weighted by molar-refractivity contribution is 5.90. The number of amides is 1. The second kappa shape index (κ2) is 5.52.